The highest BCUT2D eigenvalue weighted by molar-refractivity contribution is 6.31. The summed E-state index contributed by atoms with van der Waals surface area (Å²) in [6.45, 7) is 2.41. The van der Waals surface area contributed by atoms with Crippen molar-refractivity contribution in [3.8, 4) is 0 Å². The van der Waals surface area contributed by atoms with Crippen LogP contribution in [0.3, 0.4) is 0 Å². The number of aromatic amines is 1. The van der Waals surface area contributed by atoms with Crippen molar-refractivity contribution in [2.24, 2.45) is 5.92 Å². The minimum Gasteiger partial charge on any atom is -0.393 e. The number of nitrogens with one attached hydrogen (secondary N) is 2. The molecule has 6 nitrogen and oxygen atoms in total. The zero-order valence-electron chi connectivity index (χ0n) is 18.4. The summed E-state index contributed by atoms with van der Waals surface area (Å²) in [6, 6.07) is 10.7. The largest absolute Gasteiger partial charge is 0.393 e. The molecule has 4 rings (SSSR count). The maximum Gasteiger partial charge on any atom is 0.322 e. The molecule has 0 radical (unpaired) electrons. The Hall–Kier alpha value is -2.90. The monoisotopic (exact) mass is 471 g/mol. The molecular weight excluding hydrogens is 445 g/mol. The van der Waals surface area contributed by atoms with Crippen molar-refractivity contribution in [3.63, 3.8) is 0 Å². The predicted molar refractivity (Wildman–Crippen MR) is 128 cm³/mol. The number of rotatable bonds is 5. The fourth-order valence-corrected chi connectivity index (χ4v) is 4.72. The molecule has 1 heterocycles. The van der Waals surface area contributed by atoms with Crippen molar-refractivity contribution in [2.75, 3.05) is 11.9 Å². The highest BCUT2D eigenvalue weighted by Gasteiger charge is 2.29. The van der Waals surface area contributed by atoms with Crippen molar-refractivity contribution in [1.29, 1.82) is 0 Å². The number of anilines is 1. The molecule has 0 spiro atoms. The number of amides is 2. The van der Waals surface area contributed by atoms with Crippen LogP contribution in [-0.2, 0) is 0 Å². The molecule has 174 valence electrons. The number of fused-ring (bicyclic) bond motifs is 1. The van der Waals surface area contributed by atoms with E-state index in [4.69, 9.17) is 11.6 Å². The Morgan fingerprint density at radius 1 is 1.21 bits per heavy atom. The molecule has 1 atom stereocenters. The van der Waals surface area contributed by atoms with Gasteiger partial charge in [0, 0.05) is 23.8 Å². The first-order valence-corrected chi connectivity index (χ1v) is 11.5. The number of aliphatic hydroxyl groups is 1. The average molecular weight is 472 g/mol. The summed E-state index contributed by atoms with van der Waals surface area (Å²) in [5.41, 5.74) is 1.04. The third-order valence-corrected chi connectivity index (χ3v) is 6.75. The quantitative estimate of drug-likeness (QED) is 0.461. The number of carbonyl (C=O) groups is 1. The van der Waals surface area contributed by atoms with Gasteiger partial charge in [-0.25, -0.2) is 9.18 Å². The third kappa shape index (κ3) is 5.20. The van der Waals surface area contributed by atoms with Gasteiger partial charge in [-0.05, 0) is 73.7 Å². The second kappa shape index (κ2) is 9.93. The molecule has 1 aliphatic rings. The Morgan fingerprint density at radius 3 is 2.61 bits per heavy atom. The summed E-state index contributed by atoms with van der Waals surface area (Å²) >= 11 is 5.89. The molecule has 3 aromatic rings. The van der Waals surface area contributed by atoms with Crippen LogP contribution >= 0.6 is 11.6 Å². The number of carbonyl (C=O) groups excluding carboxylic acids is 1. The summed E-state index contributed by atoms with van der Waals surface area (Å²) < 4.78 is 13.6. The number of aliphatic hydroxyl groups excluding tert-OH is 1. The average Bonchev–Trinajstić information content (AvgIpc) is 2.81. The van der Waals surface area contributed by atoms with Gasteiger partial charge >= 0.3 is 6.03 Å². The molecule has 0 bridgehead atoms. The molecule has 2 aromatic carbocycles. The van der Waals surface area contributed by atoms with Crippen LogP contribution < -0.4 is 10.9 Å². The number of hydrogen-bond donors (Lipinski definition) is 3. The van der Waals surface area contributed by atoms with Gasteiger partial charge in [0.1, 0.15) is 5.82 Å². The number of hydrogen-bond acceptors (Lipinski definition) is 3. The van der Waals surface area contributed by atoms with E-state index in [2.05, 4.69) is 10.3 Å². The number of benzene rings is 2. The summed E-state index contributed by atoms with van der Waals surface area (Å²) in [5, 5.41) is 14.0. The lowest BCUT2D eigenvalue weighted by Crippen LogP contribution is -2.41. The molecular formula is C25H27ClFN3O3. The second-order valence-corrected chi connectivity index (χ2v) is 9.09. The minimum absolute atomic E-state index is 0.0692. The predicted octanol–water partition coefficient (Wildman–Crippen LogP) is 5.47. The molecule has 33 heavy (non-hydrogen) atoms. The molecule has 0 aliphatic heterocycles. The SMILES string of the molecule is CC(c1c[nH]c(=O)c2ccccc12)N(C[C@H]1CC[C@@H](O)CC1)C(=O)Nc1ccc(F)c(Cl)c1. The zero-order chi connectivity index (χ0) is 23.5. The number of aromatic nitrogens is 1. The highest BCUT2D eigenvalue weighted by atomic mass is 35.5. The molecule has 2 amide bonds. The molecule has 1 fully saturated rings. The standard InChI is InChI=1S/C25H27ClFN3O3/c1-15(21-13-28-24(32)20-5-3-2-4-19(20)21)30(14-16-6-9-18(31)10-7-16)25(33)29-17-8-11-23(27)22(26)12-17/h2-5,8,11-13,15-16,18,31H,6-7,9-10,14H2,1H3,(H,28,32)(H,29,33)/t15?,16-,18+. The van der Waals surface area contributed by atoms with E-state index in [1.54, 1.807) is 17.2 Å². The van der Waals surface area contributed by atoms with E-state index in [-0.39, 0.29) is 34.7 Å². The Bertz CT molecular complexity index is 1210. The van der Waals surface area contributed by atoms with Crippen molar-refractivity contribution >= 4 is 34.1 Å². The van der Waals surface area contributed by atoms with Crippen LogP contribution in [0.2, 0.25) is 5.02 Å². The third-order valence-electron chi connectivity index (χ3n) is 6.46. The lowest BCUT2D eigenvalue weighted by Gasteiger charge is -2.35. The van der Waals surface area contributed by atoms with Gasteiger partial charge < -0.3 is 20.3 Å². The zero-order valence-corrected chi connectivity index (χ0v) is 19.1. The van der Waals surface area contributed by atoms with Gasteiger partial charge in [0.25, 0.3) is 5.56 Å². The second-order valence-electron chi connectivity index (χ2n) is 8.68. The van der Waals surface area contributed by atoms with Crippen molar-refractivity contribution < 1.29 is 14.3 Å². The van der Waals surface area contributed by atoms with Crippen LogP contribution in [0, 0.1) is 11.7 Å². The van der Waals surface area contributed by atoms with E-state index in [1.165, 1.54) is 18.2 Å². The van der Waals surface area contributed by atoms with Gasteiger partial charge in [0.15, 0.2) is 0 Å². The maximum atomic E-state index is 13.6. The smallest absolute Gasteiger partial charge is 0.322 e. The Morgan fingerprint density at radius 2 is 1.91 bits per heavy atom. The van der Waals surface area contributed by atoms with Crippen molar-refractivity contribution in [1.82, 2.24) is 9.88 Å². The molecule has 1 aliphatic carbocycles. The number of nitrogens with zero attached hydrogens (tertiary/aromatic N) is 1. The number of urea groups is 1. The molecule has 1 saturated carbocycles. The summed E-state index contributed by atoms with van der Waals surface area (Å²) in [4.78, 5) is 30.2. The molecule has 0 saturated heterocycles. The minimum atomic E-state index is -0.555. The lowest BCUT2D eigenvalue weighted by molar-refractivity contribution is 0.0939. The van der Waals surface area contributed by atoms with Crippen LogP contribution in [0.1, 0.15) is 44.2 Å². The first-order chi connectivity index (χ1) is 15.8. The van der Waals surface area contributed by atoms with Gasteiger partial charge in [-0.3, -0.25) is 4.79 Å². The molecule has 8 heteroatoms. The maximum absolute atomic E-state index is 13.6. The van der Waals surface area contributed by atoms with Gasteiger partial charge in [-0.15, -0.1) is 0 Å². The van der Waals surface area contributed by atoms with Crippen molar-refractivity contribution in [3.05, 3.63) is 75.4 Å². The first kappa shape index (κ1) is 23.3. The lowest BCUT2D eigenvalue weighted by atomic mass is 9.86. The highest BCUT2D eigenvalue weighted by Crippen LogP contribution is 2.31. The number of pyridine rings is 1. The van der Waals surface area contributed by atoms with Crippen LogP contribution in [0.15, 0.2) is 53.5 Å². The Labute approximate surface area is 196 Å². The van der Waals surface area contributed by atoms with Crippen LogP contribution in [0.5, 0.6) is 0 Å². The van der Waals surface area contributed by atoms with Gasteiger partial charge in [-0.1, -0.05) is 29.8 Å². The number of halogens is 2. The summed E-state index contributed by atoms with van der Waals surface area (Å²) in [6.07, 6.45) is 4.45. The van der Waals surface area contributed by atoms with Gasteiger partial charge in [-0.2, -0.15) is 0 Å². The van der Waals surface area contributed by atoms with E-state index in [0.717, 1.165) is 23.8 Å². The fraction of sp³-hybridized carbons (Fsp3) is 0.360. The van der Waals surface area contributed by atoms with Crippen molar-refractivity contribution in [2.45, 2.75) is 44.8 Å². The number of H-pyrrole nitrogens is 1. The summed E-state index contributed by atoms with van der Waals surface area (Å²) in [7, 11) is 0. The Kier molecular flexibility index (Phi) is 7.00. The van der Waals surface area contributed by atoms with Gasteiger partial charge in [0.05, 0.1) is 17.2 Å². The molecule has 1 unspecified atom stereocenters. The normalized spacial score (nSPS) is 19.3. The van der Waals surface area contributed by atoms with Crippen LogP contribution in [0.25, 0.3) is 10.8 Å². The van der Waals surface area contributed by atoms with Gasteiger partial charge in [0.2, 0.25) is 0 Å². The first-order valence-electron chi connectivity index (χ1n) is 11.1. The Balaban J connectivity index is 1.66. The summed E-state index contributed by atoms with van der Waals surface area (Å²) in [5.74, 6) is -0.312. The fourth-order valence-electron chi connectivity index (χ4n) is 4.54. The van der Waals surface area contributed by atoms with E-state index >= 15 is 0 Å². The molecule has 1 aromatic heterocycles. The van der Waals surface area contributed by atoms with E-state index in [0.29, 0.717) is 30.5 Å². The topological polar surface area (TPSA) is 85.4 Å². The van der Waals surface area contributed by atoms with E-state index in [1.807, 2.05) is 25.1 Å². The van der Waals surface area contributed by atoms with E-state index in [9.17, 15) is 19.1 Å². The van der Waals surface area contributed by atoms with Crippen LogP contribution in [0.4, 0.5) is 14.9 Å². The van der Waals surface area contributed by atoms with Crippen LogP contribution in [-0.4, -0.2) is 33.7 Å². The van der Waals surface area contributed by atoms with E-state index < -0.39 is 5.82 Å². The molecule has 3 N–H and O–H groups in total.